The van der Waals surface area contributed by atoms with Crippen molar-refractivity contribution in [2.75, 3.05) is 5.32 Å². The van der Waals surface area contributed by atoms with E-state index in [1.54, 1.807) is 0 Å². The average Bonchev–Trinajstić information content (AvgIpc) is 2.42. The SMILES string of the molecule is Cc1cncc2cccc(N[C@H]3CC[C@@H](N)CC3)c12. The van der Waals surface area contributed by atoms with Crippen LogP contribution in [0.25, 0.3) is 10.8 Å². The molecule has 0 saturated heterocycles. The summed E-state index contributed by atoms with van der Waals surface area (Å²) < 4.78 is 0. The van der Waals surface area contributed by atoms with Crippen LogP contribution >= 0.6 is 0 Å². The minimum absolute atomic E-state index is 0.400. The van der Waals surface area contributed by atoms with Crippen LogP contribution in [-0.4, -0.2) is 17.1 Å². The minimum Gasteiger partial charge on any atom is -0.382 e. The fourth-order valence-corrected chi connectivity index (χ4v) is 3.02. The van der Waals surface area contributed by atoms with Gasteiger partial charge in [0.2, 0.25) is 0 Å². The van der Waals surface area contributed by atoms with Gasteiger partial charge < -0.3 is 11.1 Å². The van der Waals surface area contributed by atoms with Crippen LogP contribution in [0.3, 0.4) is 0 Å². The van der Waals surface area contributed by atoms with Gasteiger partial charge >= 0.3 is 0 Å². The lowest BCUT2D eigenvalue weighted by molar-refractivity contribution is 0.411. The Morgan fingerprint density at radius 2 is 1.95 bits per heavy atom. The van der Waals surface area contributed by atoms with Crippen LogP contribution in [0.4, 0.5) is 5.69 Å². The van der Waals surface area contributed by atoms with Crippen LogP contribution in [0.1, 0.15) is 31.2 Å². The summed E-state index contributed by atoms with van der Waals surface area (Å²) in [5.41, 5.74) is 8.43. The van der Waals surface area contributed by atoms with E-state index in [9.17, 15) is 0 Å². The molecule has 0 aliphatic heterocycles. The Morgan fingerprint density at radius 3 is 2.74 bits per heavy atom. The number of benzene rings is 1. The average molecular weight is 255 g/mol. The predicted molar refractivity (Wildman–Crippen MR) is 80.3 cm³/mol. The van der Waals surface area contributed by atoms with Crippen molar-refractivity contribution in [2.24, 2.45) is 5.73 Å². The molecular formula is C16H21N3. The molecule has 1 fully saturated rings. The van der Waals surface area contributed by atoms with Gasteiger partial charge in [-0.1, -0.05) is 12.1 Å². The van der Waals surface area contributed by atoms with Crippen molar-refractivity contribution in [3.8, 4) is 0 Å². The summed E-state index contributed by atoms with van der Waals surface area (Å²) in [6, 6.07) is 7.34. The molecule has 1 aromatic carbocycles. The maximum absolute atomic E-state index is 5.97. The monoisotopic (exact) mass is 255 g/mol. The van der Waals surface area contributed by atoms with Gasteiger partial charge in [0.25, 0.3) is 0 Å². The first kappa shape index (κ1) is 12.4. The van der Waals surface area contributed by atoms with Crippen LogP contribution < -0.4 is 11.1 Å². The second-order valence-corrected chi connectivity index (χ2v) is 5.62. The Hall–Kier alpha value is -1.61. The summed E-state index contributed by atoms with van der Waals surface area (Å²) in [5, 5.41) is 6.21. The van der Waals surface area contributed by atoms with Gasteiger partial charge in [0.1, 0.15) is 0 Å². The van der Waals surface area contributed by atoms with Crippen LogP contribution in [0.2, 0.25) is 0 Å². The molecule has 1 aromatic heterocycles. The number of nitrogens with zero attached hydrogens (tertiary/aromatic N) is 1. The smallest absolute Gasteiger partial charge is 0.0425 e. The molecule has 0 atom stereocenters. The van der Waals surface area contributed by atoms with Crippen LogP contribution in [0.5, 0.6) is 0 Å². The van der Waals surface area contributed by atoms with Gasteiger partial charge in [-0.15, -0.1) is 0 Å². The van der Waals surface area contributed by atoms with Crippen molar-refractivity contribution in [1.29, 1.82) is 0 Å². The number of aryl methyl sites for hydroxylation is 1. The highest BCUT2D eigenvalue weighted by atomic mass is 14.9. The molecule has 0 radical (unpaired) electrons. The van der Waals surface area contributed by atoms with Crippen molar-refractivity contribution in [3.63, 3.8) is 0 Å². The summed E-state index contributed by atoms with van der Waals surface area (Å²) in [7, 11) is 0. The molecular weight excluding hydrogens is 234 g/mol. The molecule has 1 aliphatic carbocycles. The fourth-order valence-electron chi connectivity index (χ4n) is 3.02. The fraction of sp³-hybridized carbons (Fsp3) is 0.438. The molecule has 3 N–H and O–H groups in total. The first-order chi connectivity index (χ1) is 9.24. The Morgan fingerprint density at radius 1 is 1.16 bits per heavy atom. The predicted octanol–water partition coefficient (Wildman–Crippen LogP) is 3.23. The van der Waals surface area contributed by atoms with Crippen molar-refractivity contribution in [1.82, 2.24) is 4.98 Å². The zero-order valence-electron chi connectivity index (χ0n) is 11.4. The molecule has 3 heteroatoms. The molecule has 0 bridgehead atoms. The van der Waals surface area contributed by atoms with E-state index in [0.717, 1.165) is 12.8 Å². The highest BCUT2D eigenvalue weighted by Gasteiger charge is 2.18. The van der Waals surface area contributed by atoms with Gasteiger partial charge in [-0.05, 0) is 44.2 Å². The number of nitrogens with one attached hydrogen (secondary N) is 1. The van der Waals surface area contributed by atoms with Crippen molar-refractivity contribution >= 4 is 16.5 Å². The zero-order valence-corrected chi connectivity index (χ0v) is 11.4. The van der Waals surface area contributed by atoms with Gasteiger partial charge in [0, 0.05) is 40.9 Å². The number of rotatable bonds is 2. The number of pyridine rings is 1. The molecule has 0 unspecified atom stereocenters. The standard InChI is InChI=1S/C16H21N3/c1-11-9-18-10-12-3-2-4-15(16(11)12)19-14-7-5-13(17)6-8-14/h2-4,9-10,13-14,19H,5-8,17H2,1H3/t13-,14+. The van der Waals surface area contributed by atoms with Crippen molar-refractivity contribution in [3.05, 3.63) is 36.2 Å². The second-order valence-electron chi connectivity index (χ2n) is 5.62. The maximum atomic E-state index is 5.97. The van der Waals surface area contributed by atoms with Gasteiger partial charge in [0.05, 0.1) is 0 Å². The summed E-state index contributed by atoms with van der Waals surface area (Å²) in [6.45, 7) is 2.12. The van der Waals surface area contributed by atoms with E-state index in [0.29, 0.717) is 12.1 Å². The van der Waals surface area contributed by atoms with E-state index in [-0.39, 0.29) is 0 Å². The number of hydrogen-bond acceptors (Lipinski definition) is 3. The van der Waals surface area contributed by atoms with E-state index < -0.39 is 0 Å². The number of hydrogen-bond donors (Lipinski definition) is 2. The molecule has 100 valence electrons. The first-order valence-corrected chi connectivity index (χ1v) is 7.09. The number of anilines is 1. The maximum Gasteiger partial charge on any atom is 0.0425 e. The first-order valence-electron chi connectivity index (χ1n) is 7.09. The summed E-state index contributed by atoms with van der Waals surface area (Å²) in [5.74, 6) is 0. The Bertz CT molecular complexity index is 566. The molecule has 2 aromatic rings. The van der Waals surface area contributed by atoms with E-state index in [2.05, 4.69) is 35.4 Å². The lowest BCUT2D eigenvalue weighted by Gasteiger charge is -2.28. The lowest BCUT2D eigenvalue weighted by atomic mass is 9.91. The van der Waals surface area contributed by atoms with Gasteiger partial charge in [-0.2, -0.15) is 0 Å². The third kappa shape index (κ3) is 2.56. The van der Waals surface area contributed by atoms with Gasteiger partial charge in [-0.25, -0.2) is 0 Å². The summed E-state index contributed by atoms with van der Waals surface area (Å²) in [6.07, 6.45) is 8.46. The molecule has 3 rings (SSSR count). The Kier molecular flexibility index (Phi) is 3.38. The molecule has 1 heterocycles. The molecule has 0 amide bonds. The third-order valence-electron chi connectivity index (χ3n) is 4.10. The summed E-state index contributed by atoms with van der Waals surface area (Å²) in [4.78, 5) is 4.27. The third-order valence-corrected chi connectivity index (χ3v) is 4.10. The summed E-state index contributed by atoms with van der Waals surface area (Å²) >= 11 is 0. The quantitative estimate of drug-likeness (QED) is 0.866. The van der Waals surface area contributed by atoms with E-state index >= 15 is 0 Å². The topological polar surface area (TPSA) is 50.9 Å². The highest BCUT2D eigenvalue weighted by molar-refractivity contribution is 5.95. The van der Waals surface area contributed by atoms with Gasteiger partial charge in [0.15, 0.2) is 0 Å². The molecule has 0 spiro atoms. The number of fused-ring (bicyclic) bond motifs is 1. The molecule has 1 aliphatic rings. The van der Waals surface area contributed by atoms with Crippen LogP contribution in [0.15, 0.2) is 30.6 Å². The van der Waals surface area contributed by atoms with Crippen molar-refractivity contribution in [2.45, 2.75) is 44.7 Å². The molecule has 3 nitrogen and oxygen atoms in total. The molecule has 19 heavy (non-hydrogen) atoms. The zero-order chi connectivity index (χ0) is 13.2. The van der Waals surface area contributed by atoms with Gasteiger partial charge in [-0.3, -0.25) is 4.98 Å². The lowest BCUT2D eigenvalue weighted by Crippen LogP contribution is -2.32. The largest absolute Gasteiger partial charge is 0.382 e. The number of aromatic nitrogens is 1. The van der Waals surface area contributed by atoms with Crippen LogP contribution in [-0.2, 0) is 0 Å². The second kappa shape index (κ2) is 5.17. The minimum atomic E-state index is 0.400. The van der Waals surface area contributed by atoms with E-state index in [4.69, 9.17) is 5.73 Å². The highest BCUT2D eigenvalue weighted by Crippen LogP contribution is 2.28. The Balaban J connectivity index is 1.88. The molecule has 1 saturated carbocycles. The normalized spacial score (nSPS) is 23.5. The number of nitrogens with two attached hydrogens (primary N) is 1. The van der Waals surface area contributed by atoms with Crippen molar-refractivity contribution < 1.29 is 0 Å². The Labute approximate surface area is 114 Å². The van der Waals surface area contributed by atoms with E-state index in [1.165, 1.54) is 34.9 Å². The van der Waals surface area contributed by atoms with E-state index in [1.807, 2.05) is 12.4 Å². The van der Waals surface area contributed by atoms with Crippen LogP contribution in [0, 0.1) is 6.92 Å².